The van der Waals surface area contributed by atoms with Gasteiger partial charge in [0.15, 0.2) is 0 Å². The summed E-state index contributed by atoms with van der Waals surface area (Å²) in [5.41, 5.74) is 1.08. The van der Waals surface area contributed by atoms with Gasteiger partial charge < -0.3 is 9.90 Å². The minimum absolute atomic E-state index is 0.250. The van der Waals surface area contributed by atoms with E-state index in [1.165, 1.54) is 0 Å². The Kier molecular flexibility index (Phi) is 7.19. The van der Waals surface area contributed by atoms with Crippen LogP contribution in [0.2, 0.25) is 0 Å². The predicted molar refractivity (Wildman–Crippen MR) is 49.0 cm³/mol. The van der Waals surface area contributed by atoms with Gasteiger partial charge in [-0.25, -0.2) is 0 Å². The molecule has 0 unspecified atom stereocenters. The van der Waals surface area contributed by atoms with Crippen LogP contribution in [0.5, 0.6) is 0 Å². The highest BCUT2D eigenvalue weighted by molar-refractivity contribution is 5.54. The lowest BCUT2D eigenvalue weighted by Crippen LogP contribution is -1.82. The third kappa shape index (κ3) is 5.62. The lowest BCUT2D eigenvalue weighted by atomic mass is 10.2. The molecule has 1 aromatic carbocycles. The zero-order valence-corrected chi connectivity index (χ0v) is 7.23. The fourth-order valence-corrected chi connectivity index (χ4v) is 0.710. The summed E-state index contributed by atoms with van der Waals surface area (Å²) in [5, 5.41) is 7.57. The predicted octanol–water partition coefficient (Wildman–Crippen LogP) is 1.43. The second kappa shape index (κ2) is 7.95. The van der Waals surface area contributed by atoms with E-state index in [9.17, 15) is 4.79 Å². The zero-order chi connectivity index (χ0) is 9.23. The van der Waals surface area contributed by atoms with Gasteiger partial charge in [0.25, 0.3) is 0 Å². The Morgan fingerprint density at radius 1 is 1.33 bits per heavy atom. The first kappa shape index (κ1) is 10.8. The molecule has 0 aliphatic rings. The van der Waals surface area contributed by atoms with Crippen molar-refractivity contribution in [2.24, 2.45) is 0 Å². The third-order valence-corrected chi connectivity index (χ3v) is 1.16. The quantitative estimate of drug-likeness (QED) is 0.675. The van der Waals surface area contributed by atoms with Crippen molar-refractivity contribution < 1.29 is 9.90 Å². The van der Waals surface area contributed by atoms with Gasteiger partial charge in [-0.3, -0.25) is 0 Å². The minimum atomic E-state index is 0.250. The molecule has 0 amide bonds. The van der Waals surface area contributed by atoms with Gasteiger partial charge in [-0.15, -0.1) is 0 Å². The van der Waals surface area contributed by atoms with Gasteiger partial charge in [-0.2, -0.15) is 0 Å². The summed E-state index contributed by atoms with van der Waals surface area (Å²) in [5.74, 6) is 0. The lowest BCUT2D eigenvalue weighted by Gasteiger charge is -1.89. The number of carbonyl (C=O) groups excluding carboxylic acids is 1. The van der Waals surface area contributed by atoms with Crippen LogP contribution in [0.4, 0.5) is 0 Å². The summed E-state index contributed by atoms with van der Waals surface area (Å²) >= 11 is 0. The highest BCUT2D eigenvalue weighted by Crippen LogP contribution is 1.96. The van der Waals surface area contributed by atoms with E-state index in [2.05, 4.69) is 0 Å². The van der Waals surface area contributed by atoms with E-state index in [0.29, 0.717) is 6.42 Å². The molecule has 0 aliphatic carbocycles. The molecule has 12 heavy (non-hydrogen) atoms. The normalized spacial score (nSPS) is 8.17. The van der Waals surface area contributed by atoms with Crippen LogP contribution < -0.4 is 0 Å². The average Bonchev–Trinajstić information content (AvgIpc) is 2.08. The second-order valence-corrected chi connectivity index (χ2v) is 2.17. The van der Waals surface area contributed by atoms with Crippen LogP contribution >= 0.6 is 0 Å². The lowest BCUT2D eigenvalue weighted by molar-refractivity contribution is -0.107. The van der Waals surface area contributed by atoms with Crippen LogP contribution in [0.15, 0.2) is 30.3 Å². The van der Waals surface area contributed by atoms with E-state index in [1.54, 1.807) is 6.92 Å². The van der Waals surface area contributed by atoms with E-state index >= 15 is 0 Å². The molecule has 0 heterocycles. The van der Waals surface area contributed by atoms with Crippen molar-refractivity contribution in [2.45, 2.75) is 13.3 Å². The van der Waals surface area contributed by atoms with Crippen molar-refractivity contribution in [1.29, 1.82) is 0 Å². The van der Waals surface area contributed by atoms with E-state index in [-0.39, 0.29) is 6.61 Å². The highest BCUT2D eigenvalue weighted by Gasteiger charge is 1.84. The smallest absolute Gasteiger partial charge is 0.124 e. The minimum Gasteiger partial charge on any atom is -0.397 e. The molecule has 0 aromatic heterocycles. The number of aliphatic hydroxyl groups excluding tert-OH is 1. The standard InChI is InChI=1S/C8H8O.C2H6O/c9-7-6-8-4-2-1-3-5-8;1-2-3/h1-5,7H,6H2;3H,2H2,1H3. The highest BCUT2D eigenvalue weighted by atomic mass is 16.2. The molecular weight excluding hydrogens is 152 g/mol. The van der Waals surface area contributed by atoms with Crippen molar-refractivity contribution in [2.75, 3.05) is 6.61 Å². The summed E-state index contributed by atoms with van der Waals surface area (Å²) in [6.45, 7) is 1.93. The average molecular weight is 166 g/mol. The summed E-state index contributed by atoms with van der Waals surface area (Å²) in [7, 11) is 0. The van der Waals surface area contributed by atoms with Crippen molar-refractivity contribution in [1.82, 2.24) is 0 Å². The molecule has 0 atom stereocenters. The van der Waals surface area contributed by atoms with Gasteiger partial charge in [0.05, 0.1) is 0 Å². The van der Waals surface area contributed by atoms with Gasteiger partial charge in [0.1, 0.15) is 6.29 Å². The van der Waals surface area contributed by atoms with Crippen LogP contribution in [0.3, 0.4) is 0 Å². The molecule has 0 saturated carbocycles. The Balaban J connectivity index is 0.000000354. The number of aldehydes is 1. The van der Waals surface area contributed by atoms with E-state index in [4.69, 9.17) is 5.11 Å². The largest absolute Gasteiger partial charge is 0.397 e. The molecule has 0 fully saturated rings. The number of aliphatic hydroxyl groups is 1. The number of hydrogen-bond donors (Lipinski definition) is 1. The molecular formula is C10H14O2. The van der Waals surface area contributed by atoms with E-state index < -0.39 is 0 Å². The van der Waals surface area contributed by atoms with Gasteiger partial charge in [-0.05, 0) is 12.5 Å². The molecule has 1 aromatic rings. The topological polar surface area (TPSA) is 37.3 Å². The third-order valence-electron chi connectivity index (χ3n) is 1.16. The second-order valence-electron chi connectivity index (χ2n) is 2.17. The van der Waals surface area contributed by atoms with Crippen molar-refractivity contribution in [3.05, 3.63) is 35.9 Å². The Morgan fingerprint density at radius 3 is 2.25 bits per heavy atom. The maximum Gasteiger partial charge on any atom is 0.124 e. The molecule has 1 rings (SSSR count). The summed E-state index contributed by atoms with van der Waals surface area (Å²) in [6, 6.07) is 9.68. The number of benzene rings is 1. The first-order chi connectivity index (χ1) is 5.85. The van der Waals surface area contributed by atoms with E-state index in [1.807, 2.05) is 30.3 Å². The van der Waals surface area contributed by atoms with Gasteiger partial charge in [0, 0.05) is 13.0 Å². The molecule has 0 saturated heterocycles. The molecule has 0 spiro atoms. The number of carbonyl (C=O) groups is 1. The monoisotopic (exact) mass is 166 g/mol. The van der Waals surface area contributed by atoms with Crippen LogP contribution in [-0.4, -0.2) is 18.0 Å². The van der Waals surface area contributed by atoms with Gasteiger partial charge in [-0.1, -0.05) is 30.3 Å². The number of rotatable bonds is 2. The first-order valence-electron chi connectivity index (χ1n) is 3.93. The van der Waals surface area contributed by atoms with Gasteiger partial charge >= 0.3 is 0 Å². The summed E-state index contributed by atoms with van der Waals surface area (Å²) in [6.07, 6.45) is 1.44. The van der Waals surface area contributed by atoms with Crippen LogP contribution in [0, 0.1) is 0 Å². The molecule has 2 nitrogen and oxygen atoms in total. The van der Waals surface area contributed by atoms with Crippen molar-refractivity contribution in [3.8, 4) is 0 Å². The van der Waals surface area contributed by atoms with Crippen molar-refractivity contribution in [3.63, 3.8) is 0 Å². The zero-order valence-electron chi connectivity index (χ0n) is 7.23. The van der Waals surface area contributed by atoms with Gasteiger partial charge in [0.2, 0.25) is 0 Å². The SMILES string of the molecule is CCO.O=CCc1ccccc1. The Bertz CT molecular complexity index is 194. The fraction of sp³-hybridized carbons (Fsp3) is 0.300. The molecule has 0 aliphatic heterocycles. The maximum atomic E-state index is 9.97. The summed E-state index contributed by atoms with van der Waals surface area (Å²) < 4.78 is 0. The maximum absolute atomic E-state index is 9.97. The molecule has 1 N–H and O–H groups in total. The Labute approximate surface area is 72.9 Å². The first-order valence-corrected chi connectivity index (χ1v) is 3.93. The molecule has 66 valence electrons. The Morgan fingerprint density at radius 2 is 1.83 bits per heavy atom. The molecule has 0 bridgehead atoms. The van der Waals surface area contributed by atoms with Crippen LogP contribution in [-0.2, 0) is 11.2 Å². The molecule has 2 heteroatoms. The van der Waals surface area contributed by atoms with Crippen LogP contribution in [0.25, 0.3) is 0 Å². The summed E-state index contributed by atoms with van der Waals surface area (Å²) in [4.78, 5) is 9.97. The fourth-order valence-electron chi connectivity index (χ4n) is 0.710. The van der Waals surface area contributed by atoms with E-state index in [0.717, 1.165) is 11.8 Å². The number of hydrogen-bond acceptors (Lipinski definition) is 2. The van der Waals surface area contributed by atoms with Crippen LogP contribution in [0.1, 0.15) is 12.5 Å². The Hall–Kier alpha value is -1.15. The molecule has 0 radical (unpaired) electrons. The van der Waals surface area contributed by atoms with Crippen molar-refractivity contribution >= 4 is 6.29 Å².